The van der Waals surface area contributed by atoms with Gasteiger partial charge in [0, 0.05) is 12.8 Å². The van der Waals surface area contributed by atoms with Gasteiger partial charge in [0.05, 0.1) is 30.9 Å². The number of hydrogen-bond donors (Lipinski definition) is 1. The molecule has 2 aromatic carbocycles. The second-order valence-electron chi connectivity index (χ2n) is 8.93. The number of halogens is 1. The number of ether oxygens (including phenoxy) is 2. The maximum absolute atomic E-state index is 14.1. The van der Waals surface area contributed by atoms with Crippen molar-refractivity contribution in [2.45, 2.75) is 52.7 Å². The van der Waals surface area contributed by atoms with Gasteiger partial charge < -0.3 is 19.3 Å². The minimum absolute atomic E-state index is 0.0260. The SMILES string of the molecule is CCOC(=O)c1cc(F)cc(C)c1NC(=O)C1([N+](CC)(CC)CC(=O)OCc2ccccc2)CC1. The van der Waals surface area contributed by atoms with E-state index in [0.29, 0.717) is 31.5 Å². The van der Waals surface area contributed by atoms with Gasteiger partial charge in [0.25, 0.3) is 5.91 Å². The number of carbonyl (C=O) groups excluding carboxylic acids is 3. The van der Waals surface area contributed by atoms with E-state index in [1.807, 2.05) is 44.2 Å². The van der Waals surface area contributed by atoms with Gasteiger partial charge in [0.2, 0.25) is 0 Å². The average Bonchev–Trinajstić information content (AvgIpc) is 3.66. The number of benzene rings is 2. The third-order valence-electron chi connectivity index (χ3n) is 6.97. The maximum Gasteiger partial charge on any atom is 0.362 e. The van der Waals surface area contributed by atoms with Crippen molar-refractivity contribution in [3.63, 3.8) is 0 Å². The van der Waals surface area contributed by atoms with Crippen molar-refractivity contribution in [3.8, 4) is 0 Å². The zero-order valence-electron chi connectivity index (χ0n) is 20.9. The number of quaternary nitrogens is 1. The number of nitrogens with zero attached hydrogens (tertiary/aromatic N) is 1. The fourth-order valence-electron chi connectivity index (χ4n) is 4.78. The van der Waals surface area contributed by atoms with Crippen molar-refractivity contribution in [2.75, 3.05) is 31.6 Å². The van der Waals surface area contributed by atoms with Crippen molar-refractivity contribution >= 4 is 23.5 Å². The molecule has 0 heterocycles. The fraction of sp³-hybridized carbons (Fsp3) is 0.444. The quantitative estimate of drug-likeness (QED) is 0.377. The zero-order chi connectivity index (χ0) is 25.6. The number of hydrogen-bond acceptors (Lipinski definition) is 5. The standard InChI is InChI=1S/C27H33FN2O5/c1-5-30(6-2,17-23(31)35-18-20-11-9-8-10-12-20)27(13-14-27)26(33)29-24-19(4)15-21(28)16-22(24)25(32)34-7-3/h8-12,15-16H,5-7,13-14,17-18H2,1-4H3/p+1. The number of aryl methyl sites for hydroxylation is 1. The lowest BCUT2D eigenvalue weighted by Gasteiger charge is -2.42. The second-order valence-corrected chi connectivity index (χ2v) is 8.93. The molecule has 1 amide bonds. The van der Waals surface area contributed by atoms with Gasteiger partial charge in [-0.05, 0) is 51.0 Å². The van der Waals surface area contributed by atoms with Crippen molar-refractivity contribution in [3.05, 3.63) is 65.0 Å². The fourth-order valence-corrected chi connectivity index (χ4v) is 4.78. The van der Waals surface area contributed by atoms with Crippen LogP contribution in [0.4, 0.5) is 10.1 Å². The number of carbonyl (C=O) groups is 3. The van der Waals surface area contributed by atoms with Crippen LogP contribution in [0.15, 0.2) is 42.5 Å². The molecule has 188 valence electrons. The Morgan fingerprint density at radius 1 is 1.03 bits per heavy atom. The first-order valence-corrected chi connectivity index (χ1v) is 12.1. The summed E-state index contributed by atoms with van der Waals surface area (Å²) in [6, 6.07) is 11.8. The highest BCUT2D eigenvalue weighted by Crippen LogP contribution is 2.48. The monoisotopic (exact) mass is 485 g/mol. The molecule has 2 aromatic rings. The third kappa shape index (κ3) is 5.53. The molecule has 0 spiro atoms. The van der Waals surface area contributed by atoms with Crippen LogP contribution in [-0.4, -0.2) is 54.1 Å². The molecule has 0 bridgehead atoms. The number of esters is 2. The van der Waals surface area contributed by atoms with Crippen LogP contribution in [-0.2, 0) is 25.7 Å². The predicted molar refractivity (Wildman–Crippen MR) is 130 cm³/mol. The molecule has 1 saturated carbocycles. The Bertz CT molecular complexity index is 1080. The van der Waals surface area contributed by atoms with Gasteiger partial charge >= 0.3 is 11.9 Å². The number of amides is 1. The summed E-state index contributed by atoms with van der Waals surface area (Å²) in [5, 5.41) is 2.88. The molecule has 1 aliphatic carbocycles. The minimum Gasteiger partial charge on any atom is -0.462 e. The van der Waals surface area contributed by atoms with Crippen LogP contribution in [0.5, 0.6) is 0 Å². The molecular formula is C27H34FN2O5+. The summed E-state index contributed by atoms with van der Waals surface area (Å²) in [5.41, 5.74) is 0.691. The van der Waals surface area contributed by atoms with Crippen LogP contribution in [0, 0.1) is 12.7 Å². The van der Waals surface area contributed by atoms with Gasteiger partial charge in [-0.3, -0.25) is 4.79 Å². The molecule has 0 saturated heterocycles. The van der Waals surface area contributed by atoms with Crippen molar-refractivity contribution < 1.29 is 32.7 Å². The van der Waals surface area contributed by atoms with Gasteiger partial charge in [-0.2, -0.15) is 0 Å². The molecule has 0 aliphatic heterocycles. The maximum atomic E-state index is 14.1. The van der Waals surface area contributed by atoms with Crippen LogP contribution >= 0.6 is 0 Å². The summed E-state index contributed by atoms with van der Waals surface area (Å²) < 4.78 is 24.9. The number of anilines is 1. The molecule has 3 rings (SSSR count). The highest BCUT2D eigenvalue weighted by atomic mass is 19.1. The van der Waals surface area contributed by atoms with Gasteiger partial charge in [0.15, 0.2) is 12.1 Å². The number of nitrogens with one attached hydrogen (secondary N) is 1. The lowest BCUT2D eigenvalue weighted by atomic mass is 10.0. The van der Waals surface area contributed by atoms with E-state index in [0.717, 1.165) is 11.6 Å². The Hall–Kier alpha value is -3.26. The molecule has 0 unspecified atom stereocenters. The molecule has 35 heavy (non-hydrogen) atoms. The molecule has 1 aliphatic rings. The summed E-state index contributed by atoms with van der Waals surface area (Å²) in [6.45, 7) is 8.65. The Balaban J connectivity index is 1.82. The third-order valence-corrected chi connectivity index (χ3v) is 6.97. The van der Waals surface area contributed by atoms with Crippen LogP contribution in [0.2, 0.25) is 0 Å². The van der Waals surface area contributed by atoms with Gasteiger partial charge in [-0.15, -0.1) is 0 Å². The topological polar surface area (TPSA) is 81.7 Å². The Labute approximate surface area is 205 Å². The van der Waals surface area contributed by atoms with E-state index in [2.05, 4.69) is 5.32 Å². The first kappa shape index (κ1) is 26.3. The molecule has 7 nitrogen and oxygen atoms in total. The smallest absolute Gasteiger partial charge is 0.362 e. The van der Waals surface area contributed by atoms with E-state index in [4.69, 9.17) is 9.47 Å². The van der Waals surface area contributed by atoms with Crippen LogP contribution in [0.1, 0.15) is 55.1 Å². The van der Waals surface area contributed by atoms with Gasteiger partial charge in [-0.1, -0.05) is 30.3 Å². The average molecular weight is 486 g/mol. The van der Waals surface area contributed by atoms with Crippen LogP contribution < -0.4 is 5.32 Å². The highest BCUT2D eigenvalue weighted by Gasteiger charge is 2.65. The van der Waals surface area contributed by atoms with Crippen molar-refractivity contribution in [2.24, 2.45) is 0 Å². The molecule has 1 N–H and O–H groups in total. The Morgan fingerprint density at radius 3 is 2.26 bits per heavy atom. The van der Waals surface area contributed by atoms with Crippen molar-refractivity contribution in [1.29, 1.82) is 0 Å². The second kappa shape index (κ2) is 11.0. The van der Waals surface area contributed by atoms with Gasteiger partial charge in [-0.25, -0.2) is 14.0 Å². The van der Waals surface area contributed by atoms with Crippen LogP contribution in [0.25, 0.3) is 0 Å². The Kier molecular flexibility index (Phi) is 8.27. The highest BCUT2D eigenvalue weighted by molar-refractivity contribution is 6.05. The predicted octanol–water partition coefficient (Wildman–Crippen LogP) is 4.38. The summed E-state index contributed by atoms with van der Waals surface area (Å²) >= 11 is 0. The van der Waals surface area contributed by atoms with Crippen molar-refractivity contribution in [1.82, 2.24) is 0 Å². The lowest BCUT2D eigenvalue weighted by molar-refractivity contribution is -0.942. The number of rotatable bonds is 11. The van der Waals surface area contributed by atoms with Gasteiger partial charge in [0.1, 0.15) is 12.4 Å². The van der Waals surface area contributed by atoms with E-state index < -0.39 is 17.3 Å². The summed E-state index contributed by atoms with van der Waals surface area (Å²) in [6.07, 6.45) is 1.20. The summed E-state index contributed by atoms with van der Waals surface area (Å²) in [4.78, 5) is 39.0. The van der Waals surface area contributed by atoms with E-state index in [1.54, 1.807) is 13.8 Å². The molecule has 0 atom stereocenters. The summed E-state index contributed by atoms with van der Waals surface area (Å²) in [5.74, 6) is -1.95. The van der Waals surface area contributed by atoms with E-state index in [1.165, 1.54) is 6.07 Å². The Morgan fingerprint density at radius 2 is 1.69 bits per heavy atom. The zero-order valence-corrected chi connectivity index (χ0v) is 20.9. The minimum atomic E-state index is -0.831. The number of likely N-dealkylation sites (N-methyl/N-ethyl adjacent to an activating group) is 1. The molecule has 8 heteroatoms. The first-order chi connectivity index (χ1) is 16.7. The molecular weight excluding hydrogens is 451 g/mol. The first-order valence-electron chi connectivity index (χ1n) is 12.1. The van der Waals surface area contributed by atoms with E-state index in [9.17, 15) is 18.8 Å². The van der Waals surface area contributed by atoms with E-state index in [-0.39, 0.29) is 47.4 Å². The molecule has 0 aromatic heterocycles. The molecule has 1 fully saturated rings. The normalized spacial score (nSPS) is 14.2. The summed E-state index contributed by atoms with van der Waals surface area (Å²) in [7, 11) is 0. The van der Waals surface area contributed by atoms with Crippen LogP contribution in [0.3, 0.4) is 0 Å². The largest absolute Gasteiger partial charge is 0.462 e. The van der Waals surface area contributed by atoms with E-state index >= 15 is 0 Å². The molecule has 0 radical (unpaired) electrons. The lowest BCUT2D eigenvalue weighted by Crippen LogP contribution is -2.64.